The minimum Gasteiger partial charge on any atom is -0.308 e. The van der Waals surface area contributed by atoms with E-state index in [1.165, 1.54) is 0 Å². The Bertz CT molecular complexity index is 552. The Morgan fingerprint density at radius 1 is 1.41 bits per heavy atom. The number of hydrogen-bond donors (Lipinski definition) is 2. The normalized spacial score (nSPS) is 10.8. The number of benzene rings is 1. The summed E-state index contributed by atoms with van der Waals surface area (Å²) in [6, 6.07) is 6.04. The zero-order chi connectivity index (χ0) is 12.4. The Balaban J connectivity index is 2.69. The molecule has 2 rings (SSSR count). The first-order chi connectivity index (χ1) is 8.17. The average Bonchev–Trinajstić information content (AvgIpc) is 2.34. The number of anilines is 1. The number of aromatic nitrogens is 1. The Morgan fingerprint density at radius 3 is 2.82 bits per heavy atom. The van der Waals surface area contributed by atoms with Gasteiger partial charge >= 0.3 is 0 Å². The Kier molecular flexibility index (Phi) is 3.50. The fraction of sp³-hybridized carbons (Fsp3) is 0.308. The van der Waals surface area contributed by atoms with Gasteiger partial charge in [-0.3, -0.25) is 0 Å². The van der Waals surface area contributed by atoms with Crippen LogP contribution < -0.4 is 11.3 Å². The summed E-state index contributed by atoms with van der Waals surface area (Å²) in [4.78, 5) is 4.55. The monoisotopic (exact) mass is 249 g/mol. The van der Waals surface area contributed by atoms with Crippen molar-refractivity contribution in [1.82, 2.24) is 4.98 Å². The lowest BCUT2D eigenvalue weighted by Gasteiger charge is -2.11. The molecule has 0 atom stereocenters. The van der Waals surface area contributed by atoms with Gasteiger partial charge in [-0.25, -0.2) is 10.8 Å². The fourth-order valence-corrected chi connectivity index (χ4v) is 2.14. The summed E-state index contributed by atoms with van der Waals surface area (Å²) in [5.74, 6) is 6.26. The van der Waals surface area contributed by atoms with Gasteiger partial charge in [0, 0.05) is 10.4 Å². The number of nitrogens with two attached hydrogens (primary N) is 1. The largest absolute Gasteiger partial charge is 0.308 e. The van der Waals surface area contributed by atoms with E-state index in [0.29, 0.717) is 0 Å². The van der Waals surface area contributed by atoms with Crippen molar-refractivity contribution >= 4 is 28.3 Å². The maximum absolute atomic E-state index is 6.09. The first-order valence-electron chi connectivity index (χ1n) is 5.72. The molecule has 0 bridgehead atoms. The lowest BCUT2D eigenvalue weighted by molar-refractivity contribution is 0.917. The lowest BCUT2D eigenvalue weighted by Crippen LogP contribution is -2.11. The maximum Gasteiger partial charge on any atom is 0.143 e. The zero-order valence-corrected chi connectivity index (χ0v) is 10.8. The Hall–Kier alpha value is -1.32. The van der Waals surface area contributed by atoms with Crippen molar-refractivity contribution in [3.05, 3.63) is 34.3 Å². The highest BCUT2D eigenvalue weighted by Crippen LogP contribution is 2.27. The molecule has 1 aromatic carbocycles. The summed E-state index contributed by atoms with van der Waals surface area (Å²) < 4.78 is 0. The molecular weight excluding hydrogens is 234 g/mol. The molecule has 0 amide bonds. The third kappa shape index (κ3) is 2.21. The van der Waals surface area contributed by atoms with Crippen LogP contribution in [-0.4, -0.2) is 4.98 Å². The number of nitrogen functional groups attached to an aromatic ring is 1. The van der Waals surface area contributed by atoms with Gasteiger partial charge in [-0.15, -0.1) is 0 Å². The quantitative estimate of drug-likeness (QED) is 0.647. The summed E-state index contributed by atoms with van der Waals surface area (Å²) in [6.45, 7) is 4.11. The van der Waals surface area contributed by atoms with Crippen molar-refractivity contribution < 1.29 is 0 Å². The molecule has 3 N–H and O–H groups in total. The minimum absolute atomic E-state index is 0.733. The van der Waals surface area contributed by atoms with Crippen LogP contribution in [0.1, 0.15) is 24.5 Å². The van der Waals surface area contributed by atoms with Crippen LogP contribution in [-0.2, 0) is 6.42 Å². The minimum atomic E-state index is 0.733. The number of halogens is 1. The number of nitrogens with one attached hydrogen (secondary N) is 1. The molecule has 0 saturated carbocycles. The Labute approximate surface area is 106 Å². The third-order valence-corrected chi connectivity index (χ3v) is 3.32. The van der Waals surface area contributed by atoms with E-state index in [9.17, 15) is 0 Å². The van der Waals surface area contributed by atoms with Crippen LogP contribution in [0.25, 0.3) is 10.9 Å². The van der Waals surface area contributed by atoms with Crippen molar-refractivity contribution in [3.8, 4) is 0 Å². The van der Waals surface area contributed by atoms with Crippen LogP contribution in [0.5, 0.6) is 0 Å². The predicted octanol–water partition coefficient (Wildman–Crippen LogP) is 3.43. The van der Waals surface area contributed by atoms with E-state index in [1.807, 2.05) is 19.1 Å². The molecule has 0 fully saturated rings. The number of hydrazine groups is 1. The van der Waals surface area contributed by atoms with Crippen LogP contribution >= 0.6 is 11.6 Å². The number of fused-ring (bicyclic) bond motifs is 1. The summed E-state index contributed by atoms with van der Waals surface area (Å²) >= 11 is 6.09. The van der Waals surface area contributed by atoms with Gasteiger partial charge in [-0.05, 0) is 36.6 Å². The molecule has 0 radical (unpaired) electrons. The van der Waals surface area contributed by atoms with Crippen molar-refractivity contribution in [2.75, 3.05) is 5.43 Å². The highest BCUT2D eigenvalue weighted by molar-refractivity contribution is 6.32. The topological polar surface area (TPSA) is 50.9 Å². The van der Waals surface area contributed by atoms with Crippen LogP contribution in [0.4, 0.5) is 5.82 Å². The average molecular weight is 250 g/mol. The molecule has 90 valence electrons. The van der Waals surface area contributed by atoms with Crippen LogP contribution in [0, 0.1) is 6.92 Å². The molecule has 2 aromatic rings. The first-order valence-corrected chi connectivity index (χ1v) is 6.10. The molecule has 1 heterocycles. The number of pyridine rings is 1. The molecule has 1 aromatic heterocycles. The van der Waals surface area contributed by atoms with Gasteiger partial charge in [0.05, 0.1) is 5.52 Å². The van der Waals surface area contributed by atoms with Crippen LogP contribution in [0.3, 0.4) is 0 Å². The highest BCUT2D eigenvalue weighted by Gasteiger charge is 2.08. The molecule has 4 heteroatoms. The molecule has 0 saturated heterocycles. The number of nitrogens with zero attached hydrogens (tertiary/aromatic N) is 1. The van der Waals surface area contributed by atoms with Gasteiger partial charge < -0.3 is 5.43 Å². The first kappa shape index (κ1) is 12.1. The van der Waals surface area contributed by atoms with Gasteiger partial charge in [0.25, 0.3) is 0 Å². The molecule has 17 heavy (non-hydrogen) atoms. The van der Waals surface area contributed by atoms with Gasteiger partial charge in [-0.1, -0.05) is 31.0 Å². The summed E-state index contributed by atoms with van der Waals surface area (Å²) in [5, 5.41) is 1.84. The summed E-state index contributed by atoms with van der Waals surface area (Å²) in [6.07, 6.45) is 2.03. The molecule has 3 nitrogen and oxygen atoms in total. The van der Waals surface area contributed by atoms with E-state index in [1.54, 1.807) is 0 Å². The molecule has 0 aliphatic carbocycles. The Morgan fingerprint density at radius 2 is 2.18 bits per heavy atom. The smallest absolute Gasteiger partial charge is 0.143 e. The fourth-order valence-electron chi connectivity index (χ4n) is 1.99. The molecule has 0 aliphatic heterocycles. The van der Waals surface area contributed by atoms with Crippen molar-refractivity contribution in [2.45, 2.75) is 26.7 Å². The van der Waals surface area contributed by atoms with E-state index in [2.05, 4.69) is 23.4 Å². The van der Waals surface area contributed by atoms with Crippen molar-refractivity contribution in [2.24, 2.45) is 5.84 Å². The third-order valence-electron chi connectivity index (χ3n) is 2.91. The standard InChI is InChI=1S/C13H16ClN3/c1-3-4-10-7-9-5-6-11(14)8(2)12(9)16-13(10)17-15/h5-7H,3-4,15H2,1-2H3,(H,16,17). The SMILES string of the molecule is CCCc1cc2ccc(Cl)c(C)c2nc1NN. The summed E-state index contributed by atoms with van der Waals surface area (Å²) in [7, 11) is 0. The van der Waals surface area contributed by atoms with Gasteiger partial charge in [0.2, 0.25) is 0 Å². The predicted molar refractivity (Wildman–Crippen MR) is 73.3 cm³/mol. The van der Waals surface area contributed by atoms with Crippen molar-refractivity contribution in [1.29, 1.82) is 0 Å². The van der Waals surface area contributed by atoms with E-state index < -0.39 is 0 Å². The second-order valence-electron chi connectivity index (χ2n) is 4.13. The number of aryl methyl sites for hydroxylation is 2. The highest BCUT2D eigenvalue weighted by atomic mass is 35.5. The number of rotatable bonds is 3. The van der Waals surface area contributed by atoms with Gasteiger partial charge in [0.1, 0.15) is 5.82 Å². The van der Waals surface area contributed by atoms with Gasteiger partial charge in [0.15, 0.2) is 0 Å². The zero-order valence-electron chi connectivity index (χ0n) is 10.0. The van der Waals surface area contributed by atoms with E-state index >= 15 is 0 Å². The van der Waals surface area contributed by atoms with Crippen LogP contribution in [0.15, 0.2) is 18.2 Å². The lowest BCUT2D eigenvalue weighted by atomic mass is 10.1. The molecular formula is C13H16ClN3. The van der Waals surface area contributed by atoms with E-state index in [0.717, 1.165) is 45.7 Å². The second kappa shape index (κ2) is 4.90. The van der Waals surface area contributed by atoms with Crippen LogP contribution in [0.2, 0.25) is 5.02 Å². The van der Waals surface area contributed by atoms with E-state index in [4.69, 9.17) is 17.4 Å². The van der Waals surface area contributed by atoms with Gasteiger partial charge in [-0.2, -0.15) is 0 Å². The van der Waals surface area contributed by atoms with Crippen molar-refractivity contribution in [3.63, 3.8) is 0 Å². The maximum atomic E-state index is 6.09. The molecule has 0 unspecified atom stereocenters. The summed E-state index contributed by atoms with van der Waals surface area (Å²) in [5.41, 5.74) is 5.71. The van der Waals surface area contributed by atoms with E-state index in [-0.39, 0.29) is 0 Å². The molecule has 0 aliphatic rings. The molecule has 0 spiro atoms. The number of hydrogen-bond acceptors (Lipinski definition) is 3. The second-order valence-corrected chi connectivity index (χ2v) is 4.54.